The Morgan fingerprint density at radius 1 is 1.12 bits per heavy atom. The molecule has 0 amide bonds. The molecule has 1 heterocycles. The maximum atomic E-state index is 9.45. The Morgan fingerprint density at radius 3 is 2.59 bits per heavy atom. The van der Waals surface area contributed by atoms with Crippen molar-refractivity contribution in [3.05, 3.63) is 18.2 Å². The molecule has 5 nitrogen and oxygen atoms in total. The summed E-state index contributed by atoms with van der Waals surface area (Å²) < 4.78 is 10.7. The molecule has 0 saturated heterocycles. The number of hydrogen-bond acceptors (Lipinski definition) is 5. The molecule has 0 spiro atoms. The van der Waals surface area contributed by atoms with Crippen LogP contribution < -0.4 is 9.47 Å². The first-order chi connectivity index (χ1) is 8.24. The monoisotopic (exact) mass is 234 g/mol. The molecular weight excluding hydrogens is 220 g/mol. The second-order valence-electron chi connectivity index (χ2n) is 3.38. The van der Waals surface area contributed by atoms with Crippen LogP contribution in [-0.2, 0) is 0 Å². The Labute approximate surface area is 99.0 Å². The minimum absolute atomic E-state index is 0.159. The van der Waals surface area contributed by atoms with Gasteiger partial charge in [0.25, 0.3) is 0 Å². The minimum atomic E-state index is 0.159. The Bertz CT molecular complexity index is 528. The lowest BCUT2D eigenvalue weighted by molar-refractivity contribution is 0.293. The molecule has 1 aromatic carbocycles. The molecule has 0 unspecified atom stereocenters. The molecule has 5 heteroatoms. The van der Waals surface area contributed by atoms with Gasteiger partial charge in [-0.15, -0.1) is 0 Å². The number of rotatable bonds is 4. The standard InChI is InChI=1S/C12H14N2O3/c1-3-16-11-9-7-8(15)5-6-10(9)13-12(14-11)17-4-2/h5-7,15H,3-4H2,1-2H3. The summed E-state index contributed by atoms with van der Waals surface area (Å²) in [6.45, 7) is 4.73. The Kier molecular flexibility index (Phi) is 3.27. The number of benzene rings is 1. The van der Waals surface area contributed by atoms with E-state index in [-0.39, 0.29) is 11.8 Å². The predicted octanol–water partition coefficient (Wildman–Crippen LogP) is 2.13. The first-order valence-corrected chi connectivity index (χ1v) is 5.51. The number of ether oxygens (including phenoxy) is 2. The van der Waals surface area contributed by atoms with E-state index in [1.54, 1.807) is 18.2 Å². The maximum Gasteiger partial charge on any atom is 0.320 e. The van der Waals surface area contributed by atoms with Crippen LogP contribution in [0.5, 0.6) is 17.6 Å². The number of phenolic OH excluding ortho intramolecular Hbond substituents is 1. The third-order valence-corrected chi connectivity index (χ3v) is 2.18. The van der Waals surface area contributed by atoms with Crippen LogP contribution in [0, 0.1) is 0 Å². The topological polar surface area (TPSA) is 64.5 Å². The van der Waals surface area contributed by atoms with Crippen LogP contribution in [-0.4, -0.2) is 28.3 Å². The molecule has 0 saturated carbocycles. The summed E-state index contributed by atoms with van der Waals surface area (Å²) in [7, 11) is 0. The number of fused-ring (bicyclic) bond motifs is 1. The van der Waals surface area contributed by atoms with Crippen molar-refractivity contribution in [3.8, 4) is 17.6 Å². The smallest absolute Gasteiger partial charge is 0.320 e. The van der Waals surface area contributed by atoms with Gasteiger partial charge in [0, 0.05) is 0 Å². The van der Waals surface area contributed by atoms with Crippen molar-refractivity contribution in [3.63, 3.8) is 0 Å². The van der Waals surface area contributed by atoms with E-state index in [0.29, 0.717) is 30.0 Å². The molecule has 0 aliphatic heterocycles. The number of hydrogen-bond donors (Lipinski definition) is 1. The average molecular weight is 234 g/mol. The summed E-state index contributed by atoms with van der Waals surface area (Å²) in [5, 5.41) is 10.1. The van der Waals surface area contributed by atoms with Gasteiger partial charge in [0.1, 0.15) is 5.75 Å². The second kappa shape index (κ2) is 4.86. The zero-order valence-electron chi connectivity index (χ0n) is 9.80. The van der Waals surface area contributed by atoms with E-state index >= 15 is 0 Å². The van der Waals surface area contributed by atoms with Crippen LogP contribution in [0.3, 0.4) is 0 Å². The van der Waals surface area contributed by atoms with Gasteiger partial charge in [-0.05, 0) is 32.0 Å². The van der Waals surface area contributed by atoms with Gasteiger partial charge < -0.3 is 14.6 Å². The molecule has 17 heavy (non-hydrogen) atoms. The van der Waals surface area contributed by atoms with E-state index in [2.05, 4.69) is 9.97 Å². The molecule has 1 N–H and O–H groups in total. The van der Waals surface area contributed by atoms with E-state index < -0.39 is 0 Å². The average Bonchev–Trinajstić information content (AvgIpc) is 2.31. The lowest BCUT2D eigenvalue weighted by atomic mass is 10.2. The summed E-state index contributed by atoms with van der Waals surface area (Å²) in [6, 6.07) is 5.14. The summed E-state index contributed by atoms with van der Waals surface area (Å²) in [5.74, 6) is 0.586. The summed E-state index contributed by atoms with van der Waals surface area (Å²) in [5.41, 5.74) is 0.685. The molecule has 0 aliphatic carbocycles. The second-order valence-corrected chi connectivity index (χ2v) is 3.38. The molecule has 90 valence electrons. The van der Waals surface area contributed by atoms with Crippen LogP contribution in [0.15, 0.2) is 18.2 Å². The van der Waals surface area contributed by atoms with Crippen LogP contribution in [0.25, 0.3) is 10.9 Å². The maximum absolute atomic E-state index is 9.45. The Hall–Kier alpha value is -2.04. The van der Waals surface area contributed by atoms with E-state index in [0.717, 1.165) is 0 Å². The third-order valence-electron chi connectivity index (χ3n) is 2.18. The van der Waals surface area contributed by atoms with E-state index in [4.69, 9.17) is 9.47 Å². The predicted molar refractivity (Wildman–Crippen MR) is 63.5 cm³/mol. The molecule has 0 atom stereocenters. The van der Waals surface area contributed by atoms with Gasteiger partial charge in [0.2, 0.25) is 5.88 Å². The molecule has 2 rings (SSSR count). The summed E-state index contributed by atoms with van der Waals surface area (Å²) in [6.07, 6.45) is 0. The Morgan fingerprint density at radius 2 is 1.88 bits per heavy atom. The molecule has 1 aromatic heterocycles. The quantitative estimate of drug-likeness (QED) is 0.877. The third kappa shape index (κ3) is 2.38. The highest BCUT2D eigenvalue weighted by molar-refractivity contribution is 5.85. The van der Waals surface area contributed by atoms with Crippen LogP contribution in [0.1, 0.15) is 13.8 Å². The van der Waals surface area contributed by atoms with Crippen molar-refractivity contribution in [2.75, 3.05) is 13.2 Å². The molecule has 0 bridgehead atoms. The fraction of sp³-hybridized carbons (Fsp3) is 0.333. The van der Waals surface area contributed by atoms with Crippen molar-refractivity contribution in [2.45, 2.75) is 13.8 Å². The van der Waals surface area contributed by atoms with E-state index in [9.17, 15) is 5.11 Å². The zero-order chi connectivity index (χ0) is 12.3. The normalized spacial score (nSPS) is 10.5. The van der Waals surface area contributed by atoms with Crippen LogP contribution in [0.4, 0.5) is 0 Å². The first kappa shape index (κ1) is 11.4. The van der Waals surface area contributed by atoms with Crippen LogP contribution in [0.2, 0.25) is 0 Å². The van der Waals surface area contributed by atoms with Crippen molar-refractivity contribution in [1.82, 2.24) is 9.97 Å². The number of aromatic hydroxyl groups is 1. The van der Waals surface area contributed by atoms with E-state index in [1.807, 2.05) is 13.8 Å². The lowest BCUT2D eigenvalue weighted by Gasteiger charge is -2.08. The van der Waals surface area contributed by atoms with Crippen LogP contribution >= 0.6 is 0 Å². The van der Waals surface area contributed by atoms with E-state index in [1.165, 1.54) is 0 Å². The molecular formula is C12H14N2O3. The fourth-order valence-electron chi connectivity index (χ4n) is 1.51. The SMILES string of the molecule is CCOc1nc(OCC)c2cc(O)ccc2n1. The highest BCUT2D eigenvalue weighted by Crippen LogP contribution is 2.27. The Balaban J connectivity index is 2.58. The van der Waals surface area contributed by atoms with Crippen molar-refractivity contribution < 1.29 is 14.6 Å². The van der Waals surface area contributed by atoms with Gasteiger partial charge in [-0.25, -0.2) is 0 Å². The lowest BCUT2D eigenvalue weighted by Crippen LogP contribution is -2.02. The number of phenols is 1. The zero-order valence-corrected chi connectivity index (χ0v) is 9.80. The van der Waals surface area contributed by atoms with Crippen molar-refractivity contribution >= 4 is 10.9 Å². The summed E-state index contributed by atoms with van der Waals surface area (Å²) >= 11 is 0. The van der Waals surface area contributed by atoms with Gasteiger partial charge in [-0.2, -0.15) is 9.97 Å². The number of aromatic nitrogens is 2. The highest BCUT2D eigenvalue weighted by Gasteiger charge is 2.09. The highest BCUT2D eigenvalue weighted by atomic mass is 16.5. The van der Waals surface area contributed by atoms with Gasteiger partial charge in [0.05, 0.1) is 24.1 Å². The minimum Gasteiger partial charge on any atom is -0.508 e. The molecule has 0 aliphatic rings. The van der Waals surface area contributed by atoms with Gasteiger partial charge in [-0.3, -0.25) is 0 Å². The largest absolute Gasteiger partial charge is 0.508 e. The first-order valence-electron chi connectivity index (χ1n) is 5.51. The summed E-state index contributed by atoms with van der Waals surface area (Å²) in [4.78, 5) is 8.38. The molecule has 0 radical (unpaired) electrons. The molecule has 0 fully saturated rings. The molecule has 2 aromatic rings. The van der Waals surface area contributed by atoms with Gasteiger partial charge in [-0.1, -0.05) is 0 Å². The van der Waals surface area contributed by atoms with Crippen molar-refractivity contribution in [2.24, 2.45) is 0 Å². The fourth-order valence-corrected chi connectivity index (χ4v) is 1.51. The van der Waals surface area contributed by atoms with Crippen molar-refractivity contribution in [1.29, 1.82) is 0 Å². The van der Waals surface area contributed by atoms with Gasteiger partial charge >= 0.3 is 6.01 Å². The number of nitrogens with zero attached hydrogens (tertiary/aromatic N) is 2. The van der Waals surface area contributed by atoms with Gasteiger partial charge in [0.15, 0.2) is 0 Å².